The van der Waals surface area contributed by atoms with Crippen LogP contribution in [-0.2, 0) is 0 Å². The van der Waals surface area contributed by atoms with Crippen LogP contribution >= 0.6 is 35.9 Å². The first-order chi connectivity index (χ1) is 10.3. The maximum atomic E-state index is 12.2. The number of anilines is 1. The van der Waals surface area contributed by atoms with Gasteiger partial charge in [0.25, 0.3) is 0 Å². The molecule has 1 radical (unpaired) electrons. The highest BCUT2D eigenvalue weighted by Gasteiger charge is 2.29. The van der Waals surface area contributed by atoms with Crippen molar-refractivity contribution in [1.82, 2.24) is 4.90 Å². The van der Waals surface area contributed by atoms with E-state index in [9.17, 15) is 13.2 Å². The van der Waals surface area contributed by atoms with E-state index in [0.29, 0.717) is 5.69 Å². The lowest BCUT2D eigenvalue weighted by atomic mass is 10.3. The summed E-state index contributed by atoms with van der Waals surface area (Å²) in [6.45, 7) is 0.733. The molecule has 0 atom stereocenters. The van der Waals surface area contributed by atoms with Crippen molar-refractivity contribution in [3.8, 4) is 0 Å². The third kappa shape index (κ3) is 6.80. The van der Waals surface area contributed by atoms with E-state index in [1.54, 1.807) is 16.7 Å². The van der Waals surface area contributed by atoms with Crippen LogP contribution in [0.3, 0.4) is 0 Å². The Balaban J connectivity index is 0.00000264. The molecule has 0 aromatic heterocycles. The maximum Gasteiger partial charge on any atom is 0.446 e. The molecule has 1 heterocycles. The predicted octanol–water partition coefficient (Wildman–Crippen LogP) is 3.55. The van der Waals surface area contributed by atoms with Crippen molar-refractivity contribution >= 4 is 53.5 Å². The van der Waals surface area contributed by atoms with Crippen molar-refractivity contribution in [3.63, 3.8) is 0 Å². The summed E-state index contributed by atoms with van der Waals surface area (Å²) in [6, 6.07) is 5.55. The van der Waals surface area contributed by atoms with E-state index in [4.69, 9.17) is 11.1 Å². The molecule has 1 aromatic carbocycles. The van der Waals surface area contributed by atoms with Gasteiger partial charge >= 0.3 is 5.51 Å². The van der Waals surface area contributed by atoms with Crippen LogP contribution < -0.4 is 11.1 Å². The largest absolute Gasteiger partial charge is 0.446 e. The third-order valence-electron chi connectivity index (χ3n) is 2.52. The normalized spacial score (nSPS) is 15.3. The van der Waals surface area contributed by atoms with Gasteiger partial charge in [0, 0.05) is 22.9 Å². The minimum absolute atomic E-state index is 0. The molecule has 0 bridgehead atoms. The molecule has 0 amide bonds. The van der Waals surface area contributed by atoms with E-state index < -0.39 is 5.51 Å². The van der Waals surface area contributed by atoms with E-state index in [1.807, 2.05) is 5.88 Å². The van der Waals surface area contributed by atoms with Crippen LogP contribution in [0.4, 0.5) is 18.9 Å². The first-order valence-electron chi connectivity index (χ1n) is 6.10. The summed E-state index contributed by atoms with van der Waals surface area (Å²) in [7, 11) is 0. The van der Waals surface area contributed by atoms with Crippen molar-refractivity contribution in [3.05, 3.63) is 30.1 Å². The fourth-order valence-electron chi connectivity index (χ4n) is 1.60. The smallest absolute Gasteiger partial charge is 0.369 e. The van der Waals surface area contributed by atoms with Gasteiger partial charge in [0.05, 0.1) is 0 Å². The van der Waals surface area contributed by atoms with Crippen LogP contribution in [0, 0.1) is 11.3 Å². The Labute approximate surface area is 146 Å². The van der Waals surface area contributed by atoms with Gasteiger partial charge in [-0.25, -0.2) is 0 Å². The number of alkyl halides is 3. The topological polar surface area (TPSA) is 77.5 Å². The van der Waals surface area contributed by atoms with Gasteiger partial charge in [0.1, 0.15) is 5.88 Å². The Kier molecular flexibility index (Phi) is 7.36. The molecule has 4 N–H and O–H groups in total. The monoisotopic (exact) mass is 384 g/mol. The molecule has 1 aliphatic rings. The predicted molar refractivity (Wildman–Crippen MR) is 92.0 cm³/mol. The van der Waals surface area contributed by atoms with E-state index >= 15 is 0 Å². The zero-order valence-corrected chi connectivity index (χ0v) is 14.1. The number of halogens is 4. The van der Waals surface area contributed by atoms with Crippen LogP contribution in [0.15, 0.2) is 34.2 Å². The lowest BCUT2D eigenvalue weighted by Gasteiger charge is -2.14. The summed E-state index contributed by atoms with van der Waals surface area (Å²) in [6.07, 6.45) is 0. The standard InChI is InChI=1S/C12H13F3N5S2.ClH/c13-12(14,15)22-9-3-1-8(2-4-9)18-10(16)19-11(17)20-5-6-21-7-20;/h1-4,7H,5-6H2,(H4,16,17,18,19);1H. The highest BCUT2D eigenvalue weighted by molar-refractivity contribution is 8.01. The molecule has 1 saturated heterocycles. The van der Waals surface area contributed by atoms with Gasteiger partial charge in [-0.1, -0.05) is 0 Å². The van der Waals surface area contributed by atoms with Gasteiger partial charge in [0.2, 0.25) is 5.96 Å². The molecule has 1 aromatic rings. The summed E-state index contributed by atoms with van der Waals surface area (Å²) < 4.78 is 36.6. The fraction of sp³-hybridized carbons (Fsp3) is 0.250. The first-order valence-corrected chi connectivity index (χ1v) is 7.97. The molecule has 5 nitrogen and oxygen atoms in total. The zero-order valence-electron chi connectivity index (χ0n) is 11.6. The molecular formula is C12H14ClF3N5S2. The Morgan fingerprint density at radius 2 is 2.00 bits per heavy atom. The van der Waals surface area contributed by atoms with E-state index in [-0.39, 0.29) is 41.0 Å². The van der Waals surface area contributed by atoms with Crippen LogP contribution in [0.25, 0.3) is 0 Å². The lowest BCUT2D eigenvalue weighted by molar-refractivity contribution is -0.0328. The van der Waals surface area contributed by atoms with Gasteiger partial charge in [-0.15, -0.1) is 24.2 Å². The molecule has 11 heteroatoms. The molecular weight excluding hydrogens is 371 g/mol. The number of nitrogens with one attached hydrogen (secondary N) is 2. The second kappa shape index (κ2) is 8.55. The van der Waals surface area contributed by atoms with Crippen LogP contribution in [-0.4, -0.2) is 34.6 Å². The lowest BCUT2D eigenvalue weighted by Crippen LogP contribution is -2.34. The van der Waals surface area contributed by atoms with Crippen molar-refractivity contribution in [2.75, 3.05) is 17.6 Å². The summed E-state index contributed by atoms with van der Waals surface area (Å²) in [4.78, 5) is 5.70. The van der Waals surface area contributed by atoms with Crippen molar-refractivity contribution in [2.45, 2.75) is 10.4 Å². The van der Waals surface area contributed by atoms with Crippen LogP contribution in [0.2, 0.25) is 0 Å². The molecule has 127 valence electrons. The minimum atomic E-state index is -4.31. The molecule has 23 heavy (non-hydrogen) atoms. The van der Waals surface area contributed by atoms with Crippen molar-refractivity contribution < 1.29 is 13.2 Å². The summed E-state index contributed by atoms with van der Waals surface area (Å²) in [5.74, 6) is 2.76. The number of rotatable bonds is 2. The number of guanidine groups is 2. The highest BCUT2D eigenvalue weighted by atomic mass is 35.5. The average Bonchev–Trinajstić information content (AvgIpc) is 2.93. The zero-order chi connectivity index (χ0) is 16.2. The number of aliphatic imine (C=N–C) groups is 1. The van der Waals surface area contributed by atoms with E-state index in [1.165, 1.54) is 24.3 Å². The van der Waals surface area contributed by atoms with Gasteiger partial charge < -0.3 is 16.0 Å². The molecule has 0 spiro atoms. The second-order valence-corrected chi connectivity index (χ2v) is 6.28. The Bertz CT molecular complexity index is 559. The van der Waals surface area contributed by atoms with Gasteiger partial charge in [-0.2, -0.15) is 18.2 Å². The minimum Gasteiger partial charge on any atom is -0.369 e. The third-order valence-corrected chi connectivity index (χ3v) is 4.08. The Morgan fingerprint density at radius 1 is 1.35 bits per heavy atom. The van der Waals surface area contributed by atoms with E-state index in [2.05, 4.69) is 10.3 Å². The Morgan fingerprint density at radius 3 is 2.52 bits per heavy atom. The van der Waals surface area contributed by atoms with Crippen LogP contribution in [0.1, 0.15) is 0 Å². The molecule has 1 fully saturated rings. The highest BCUT2D eigenvalue weighted by Crippen LogP contribution is 2.37. The SMILES string of the molecule is Cl.N=C(N=C(N)N1[CH]SCC1)Nc1ccc(SC(F)(F)F)cc1. The molecule has 0 saturated carbocycles. The summed E-state index contributed by atoms with van der Waals surface area (Å²) in [5, 5.41) is 10.4. The Hall–Kier alpha value is -1.26. The van der Waals surface area contributed by atoms with Gasteiger partial charge in [-0.05, 0) is 36.0 Å². The molecule has 0 aliphatic carbocycles. The summed E-state index contributed by atoms with van der Waals surface area (Å²) >= 11 is 1.42. The number of hydrogen-bond acceptors (Lipinski definition) is 3. The van der Waals surface area contributed by atoms with Gasteiger partial charge in [-0.3, -0.25) is 5.41 Å². The number of hydrogen-bond donors (Lipinski definition) is 3. The number of nitrogens with two attached hydrogens (primary N) is 1. The number of nitrogens with zero attached hydrogens (tertiary/aromatic N) is 2. The number of thioether (sulfide) groups is 2. The molecule has 1 aliphatic heterocycles. The maximum absolute atomic E-state index is 12.2. The molecule has 2 rings (SSSR count). The van der Waals surface area contributed by atoms with Crippen molar-refractivity contribution in [1.29, 1.82) is 5.41 Å². The molecule has 0 unspecified atom stereocenters. The van der Waals surface area contributed by atoms with Gasteiger partial charge in [0.15, 0.2) is 5.96 Å². The average molecular weight is 385 g/mol. The van der Waals surface area contributed by atoms with Crippen molar-refractivity contribution in [2.24, 2.45) is 10.7 Å². The number of benzene rings is 1. The summed E-state index contributed by atoms with van der Waals surface area (Å²) in [5.41, 5.74) is 1.90. The fourth-order valence-corrected chi connectivity index (χ4v) is 2.94. The first kappa shape index (κ1) is 19.8. The quantitative estimate of drug-likeness (QED) is 0.413. The second-order valence-electron chi connectivity index (χ2n) is 4.19. The van der Waals surface area contributed by atoms with E-state index in [0.717, 1.165) is 12.3 Å². The van der Waals surface area contributed by atoms with Crippen LogP contribution in [0.5, 0.6) is 0 Å².